The fourth-order valence-electron chi connectivity index (χ4n) is 2.75. The summed E-state index contributed by atoms with van der Waals surface area (Å²) in [6.07, 6.45) is 1.50. The molecule has 3 atom stereocenters. The summed E-state index contributed by atoms with van der Waals surface area (Å²) in [5.41, 5.74) is 1.10. The molecule has 1 aliphatic heterocycles. The summed E-state index contributed by atoms with van der Waals surface area (Å²) in [4.78, 5) is 11.7. The second-order valence-electron chi connectivity index (χ2n) is 5.32. The molecule has 1 aliphatic carbocycles. The van der Waals surface area contributed by atoms with E-state index in [2.05, 4.69) is 6.58 Å². The van der Waals surface area contributed by atoms with E-state index in [1.165, 1.54) is 7.11 Å². The Balaban J connectivity index is 2.09. The summed E-state index contributed by atoms with van der Waals surface area (Å²) in [5, 5.41) is 0. The molecule has 0 amide bonds. The molecule has 0 N–H and O–H groups in total. The van der Waals surface area contributed by atoms with Crippen molar-refractivity contribution in [2.75, 3.05) is 13.7 Å². The zero-order valence-corrected chi connectivity index (χ0v) is 10.7. The van der Waals surface area contributed by atoms with Crippen LogP contribution >= 0.6 is 0 Å². The first-order valence-electron chi connectivity index (χ1n) is 5.99. The summed E-state index contributed by atoms with van der Waals surface area (Å²) >= 11 is 0. The highest BCUT2D eigenvalue weighted by Crippen LogP contribution is 2.42. The summed E-state index contributed by atoms with van der Waals surface area (Å²) in [5.74, 6) is -0.705. The molecule has 0 aromatic rings. The van der Waals surface area contributed by atoms with Gasteiger partial charge in [0, 0.05) is 5.92 Å². The van der Waals surface area contributed by atoms with Crippen molar-refractivity contribution in [1.29, 1.82) is 0 Å². The lowest BCUT2D eigenvalue weighted by Crippen LogP contribution is -2.32. The van der Waals surface area contributed by atoms with Gasteiger partial charge in [0.25, 0.3) is 0 Å². The molecule has 17 heavy (non-hydrogen) atoms. The SMILES string of the molecule is C=C1C[C@H](C(=O)OC)[C@@H](C2COC(C)(C)O2)C1. The van der Waals surface area contributed by atoms with Crippen LogP contribution < -0.4 is 0 Å². The lowest BCUT2D eigenvalue weighted by atomic mass is 9.91. The largest absolute Gasteiger partial charge is 0.469 e. The fraction of sp³-hybridized carbons (Fsp3) is 0.769. The molecule has 2 rings (SSSR count). The van der Waals surface area contributed by atoms with E-state index in [4.69, 9.17) is 14.2 Å². The Bertz CT molecular complexity index is 334. The molecule has 2 aliphatic rings. The average Bonchev–Trinajstić information content (AvgIpc) is 2.80. The molecular formula is C13H20O4. The Hall–Kier alpha value is -0.870. The van der Waals surface area contributed by atoms with Crippen molar-refractivity contribution in [2.45, 2.75) is 38.6 Å². The Kier molecular flexibility index (Phi) is 3.27. The zero-order chi connectivity index (χ0) is 12.6. The van der Waals surface area contributed by atoms with Crippen LogP contribution in [0.4, 0.5) is 0 Å². The molecule has 2 fully saturated rings. The summed E-state index contributed by atoms with van der Waals surface area (Å²) in [7, 11) is 1.43. The number of hydrogen-bond donors (Lipinski definition) is 0. The highest BCUT2D eigenvalue weighted by Gasteiger charge is 2.46. The molecule has 96 valence electrons. The van der Waals surface area contributed by atoms with Crippen molar-refractivity contribution in [3.05, 3.63) is 12.2 Å². The highest BCUT2D eigenvalue weighted by molar-refractivity contribution is 5.73. The molecule has 0 bridgehead atoms. The van der Waals surface area contributed by atoms with Gasteiger partial charge in [-0.05, 0) is 26.7 Å². The monoisotopic (exact) mass is 240 g/mol. The Labute approximate surface area is 102 Å². The van der Waals surface area contributed by atoms with Crippen LogP contribution in [0.15, 0.2) is 12.2 Å². The van der Waals surface area contributed by atoms with Gasteiger partial charge in [0.05, 0.1) is 25.7 Å². The van der Waals surface area contributed by atoms with Crippen LogP contribution in [0.5, 0.6) is 0 Å². The first-order chi connectivity index (χ1) is 7.93. The number of ether oxygens (including phenoxy) is 3. The van der Waals surface area contributed by atoms with E-state index in [9.17, 15) is 4.79 Å². The smallest absolute Gasteiger partial charge is 0.309 e. The molecule has 0 spiro atoms. The van der Waals surface area contributed by atoms with E-state index in [1.54, 1.807) is 0 Å². The third-order valence-corrected chi connectivity index (χ3v) is 3.56. The summed E-state index contributed by atoms with van der Waals surface area (Å²) < 4.78 is 16.2. The third kappa shape index (κ3) is 2.53. The van der Waals surface area contributed by atoms with Gasteiger partial charge in [0.15, 0.2) is 5.79 Å². The maximum atomic E-state index is 11.7. The van der Waals surface area contributed by atoms with Crippen molar-refractivity contribution in [1.82, 2.24) is 0 Å². The van der Waals surface area contributed by atoms with Crippen LogP contribution in [0.2, 0.25) is 0 Å². The lowest BCUT2D eigenvalue weighted by Gasteiger charge is -2.24. The van der Waals surface area contributed by atoms with Crippen LogP contribution in [0.1, 0.15) is 26.7 Å². The number of carbonyl (C=O) groups excluding carboxylic acids is 1. The second-order valence-corrected chi connectivity index (χ2v) is 5.32. The molecule has 0 aromatic heterocycles. The first kappa shape index (κ1) is 12.6. The maximum Gasteiger partial charge on any atom is 0.309 e. The van der Waals surface area contributed by atoms with E-state index in [0.717, 1.165) is 12.0 Å². The minimum absolute atomic E-state index is 0.0339. The standard InChI is InChI=1S/C13H20O4/c1-8-5-9(10(6-8)12(14)15-4)11-7-16-13(2,3)17-11/h9-11H,1,5-7H2,2-4H3/t9-,10-,11?/m0/s1. The summed E-state index contributed by atoms with van der Waals surface area (Å²) in [6.45, 7) is 8.30. The number of methoxy groups -OCH3 is 1. The van der Waals surface area contributed by atoms with Crippen LogP contribution in [-0.2, 0) is 19.0 Å². The Morgan fingerprint density at radius 2 is 2.18 bits per heavy atom. The Morgan fingerprint density at radius 3 is 2.71 bits per heavy atom. The number of esters is 1. The van der Waals surface area contributed by atoms with Gasteiger partial charge >= 0.3 is 5.97 Å². The van der Waals surface area contributed by atoms with Crippen molar-refractivity contribution in [3.8, 4) is 0 Å². The van der Waals surface area contributed by atoms with Gasteiger partial charge in [0.2, 0.25) is 0 Å². The number of hydrogen-bond acceptors (Lipinski definition) is 4. The molecule has 1 saturated carbocycles. The van der Waals surface area contributed by atoms with Gasteiger partial charge < -0.3 is 14.2 Å². The second kappa shape index (κ2) is 4.42. The van der Waals surface area contributed by atoms with Gasteiger partial charge in [-0.25, -0.2) is 0 Å². The van der Waals surface area contributed by atoms with E-state index >= 15 is 0 Å². The molecule has 1 heterocycles. The van der Waals surface area contributed by atoms with Gasteiger partial charge in [-0.3, -0.25) is 4.79 Å². The quantitative estimate of drug-likeness (QED) is 0.546. The lowest BCUT2D eigenvalue weighted by molar-refractivity contribution is -0.157. The Morgan fingerprint density at radius 1 is 1.47 bits per heavy atom. The third-order valence-electron chi connectivity index (χ3n) is 3.56. The van der Waals surface area contributed by atoms with E-state index in [0.29, 0.717) is 13.0 Å². The topological polar surface area (TPSA) is 44.8 Å². The van der Waals surface area contributed by atoms with Crippen LogP contribution in [0.3, 0.4) is 0 Å². The van der Waals surface area contributed by atoms with Gasteiger partial charge in [-0.1, -0.05) is 12.2 Å². The minimum atomic E-state index is -0.546. The first-order valence-corrected chi connectivity index (χ1v) is 5.99. The van der Waals surface area contributed by atoms with Crippen LogP contribution in [-0.4, -0.2) is 31.6 Å². The van der Waals surface area contributed by atoms with Crippen molar-refractivity contribution >= 4 is 5.97 Å². The number of rotatable bonds is 2. The van der Waals surface area contributed by atoms with Crippen molar-refractivity contribution < 1.29 is 19.0 Å². The molecule has 4 heteroatoms. The minimum Gasteiger partial charge on any atom is -0.469 e. The fourth-order valence-corrected chi connectivity index (χ4v) is 2.75. The van der Waals surface area contributed by atoms with Gasteiger partial charge in [0.1, 0.15) is 0 Å². The van der Waals surface area contributed by atoms with Crippen LogP contribution in [0.25, 0.3) is 0 Å². The molecule has 1 unspecified atom stereocenters. The number of allylic oxidation sites excluding steroid dienone is 1. The molecule has 0 aromatic carbocycles. The van der Waals surface area contributed by atoms with Gasteiger partial charge in [-0.2, -0.15) is 0 Å². The van der Waals surface area contributed by atoms with E-state index in [-0.39, 0.29) is 23.9 Å². The van der Waals surface area contributed by atoms with Crippen molar-refractivity contribution in [2.24, 2.45) is 11.8 Å². The van der Waals surface area contributed by atoms with Gasteiger partial charge in [-0.15, -0.1) is 0 Å². The predicted molar refractivity (Wildman–Crippen MR) is 62.3 cm³/mol. The molecular weight excluding hydrogens is 220 g/mol. The number of carbonyl (C=O) groups is 1. The normalized spacial score (nSPS) is 36.2. The maximum absolute atomic E-state index is 11.7. The molecule has 0 radical (unpaired) electrons. The van der Waals surface area contributed by atoms with Crippen molar-refractivity contribution in [3.63, 3.8) is 0 Å². The van der Waals surface area contributed by atoms with E-state index in [1.807, 2.05) is 13.8 Å². The zero-order valence-electron chi connectivity index (χ0n) is 10.7. The molecule has 4 nitrogen and oxygen atoms in total. The predicted octanol–water partition coefficient (Wildman–Crippen LogP) is 1.89. The van der Waals surface area contributed by atoms with Crippen LogP contribution in [0, 0.1) is 11.8 Å². The summed E-state index contributed by atoms with van der Waals surface area (Å²) in [6, 6.07) is 0. The molecule has 1 saturated heterocycles. The average molecular weight is 240 g/mol. The van der Waals surface area contributed by atoms with E-state index < -0.39 is 5.79 Å². The highest BCUT2D eigenvalue weighted by atomic mass is 16.7.